The fraction of sp³-hybridized carbons (Fsp3) is 0.111. The van der Waals surface area contributed by atoms with Gasteiger partial charge in [0.05, 0.1) is 17.3 Å². The van der Waals surface area contributed by atoms with Gasteiger partial charge in [-0.2, -0.15) is 0 Å². The summed E-state index contributed by atoms with van der Waals surface area (Å²) in [4.78, 5) is 27.1. The molecule has 1 amide bonds. The van der Waals surface area contributed by atoms with Gasteiger partial charge >= 0.3 is 0 Å². The van der Waals surface area contributed by atoms with E-state index >= 15 is 0 Å². The molecule has 0 radical (unpaired) electrons. The predicted molar refractivity (Wildman–Crippen MR) is 92.5 cm³/mol. The highest BCUT2D eigenvalue weighted by Crippen LogP contribution is 2.25. The van der Waals surface area contributed by atoms with Gasteiger partial charge in [-0.05, 0) is 25.1 Å². The van der Waals surface area contributed by atoms with Crippen molar-refractivity contribution >= 4 is 11.6 Å². The van der Waals surface area contributed by atoms with Crippen LogP contribution in [-0.4, -0.2) is 20.4 Å². The maximum atomic E-state index is 13.8. The zero-order valence-corrected chi connectivity index (χ0v) is 13.8. The van der Waals surface area contributed by atoms with Gasteiger partial charge in [0.15, 0.2) is 0 Å². The van der Waals surface area contributed by atoms with Crippen LogP contribution in [0, 0.1) is 15.9 Å². The Bertz CT molecular complexity index is 957. The number of imidazole rings is 1. The van der Waals surface area contributed by atoms with Gasteiger partial charge in [-0.25, -0.2) is 9.37 Å². The number of halogens is 1. The smallest absolute Gasteiger partial charge is 0.294 e. The molecule has 1 atom stereocenters. The molecule has 132 valence electrons. The van der Waals surface area contributed by atoms with Crippen molar-refractivity contribution in [3.05, 3.63) is 88.2 Å². The average molecular weight is 354 g/mol. The molecular formula is C18H15FN4O3. The Kier molecular flexibility index (Phi) is 4.74. The molecule has 0 saturated carbocycles. The number of carbonyl (C=O) groups is 1. The summed E-state index contributed by atoms with van der Waals surface area (Å²) in [5.74, 6) is -0.956. The van der Waals surface area contributed by atoms with Crippen LogP contribution in [0.2, 0.25) is 0 Å². The van der Waals surface area contributed by atoms with E-state index < -0.39 is 22.7 Å². The lowest BCUT2D eigenvalue weighted by atomic mass is 10.1. The molecule has 8 heteroatoms. The maximum Gasteiger partial charge on any atom is 0.294 e. The fourth-order valence-electron chi connectivity index (χ4n) is 2.61. The fourth-order valence-corrected chi connectivity index (χ4v) is 2.61. The first kappa shape index (κ1) is 17.3. The summed E-state index contributed by atoms with van der Waals surface area (Å²) in [6.45, 7) is 1.64. The van der Waals surface area contributed by atoms with E-state index in [1.54, 1.807) is 31.3 Å². The second-order valence-electron chi connectivity index (χ2n) is 5.65. The minimum Gasteiger partial charge on any atom is -0.345 e. The lowest BCUT2D eigenvalue weighted by Gasteiger charge is -2.15. The molecule has 1 aromatic heterocycles. The van der Waals surface area contributed by atoms with Crippen LogP contribution in [0.15, 0.2) is 61.2 Å². The number of benzene rings is 2. The monoisotopic (exact) mass is 354 g/mol. The number of rotatable bonds is 5. The molecule has 7 nitrogen and oxygen atoms in total. The first-order valence-corrected chi connectivity index (χ1v) is 7.79. The van der Waals surface area contributed by atoms with Gasteiger partial charge in [-0.3, -0.25) is 14.9 Å². The first-order chi connectivity index (χ1) is 12.5. The van der Waals surface area contributed by atoms with Crippen molar-refractivity contribution in [2.45, 2.75) is 13.0 Å². The number of hydrogen-bond acceptors (Lipinski definition) is 4. The largest absolute Gasteiger partial charge is 0.345 e. The number of nitro benzene ring substituents is 1. The van der Waals surface area contributed by atoms with E-state index in [4.69, 9.17) is 0 Å². The average Bonchev–Trinajstić information content (AvgIpc) is 3.15. The minimum absolute atomic E-state index is 0.115. The topological polar surface area (TPSA) is 90.1 Å². The van der Waals surface area contributed by atoms with E-state index in [0.29, 0.717) is 11.3 Å². The van der Waals surface area contributed by atoms with Gasteiger partial charge in [0, 0.05) is 29.6 Å². The van der Waals surface area contributed by atoms with Crippen molar-refractivity contribution in [1.29, 1.82) is 0 Å². The zero-order valence-electron chi connectivity index (χ0n) is 13.8. The summed E-state index contributed by atoms with van der Waals surface area (Å²) in [5.41, 5.74) is 0.523. The Morgan fingerprint density at radius 1 is 1.31 bits per heavy atom. The normalized spacial score (nSPS) is 11.8. The summed E-state index contributed by atoms with van der Waals surface area (Å²) in [5, 5.41) is 14.0. The number of nitrogens with one attached hydrogen (secondary N) is 1. The number of nitro groups is 1. The summed E-state index contributed by atoms with van der Waals surface area (Å²) < 4.78 is 15.3. The Labute approximate surface area is 148 Å². The molecule has 0 aliphatic heterocycles. The van der Waals surface area contributed by atoms with E-state index in [9.17, 15) is 19.3 Å². The summed E-state index contributed by atoms with van der Waals surface area (Å²) in [6.07, 6.45) is 4.51. The number of hydrogen-bond donors (Lipinski definition) is 1. The molecule has 3 aromatic rings. The van der Waals surface area contributed by atoms with Gasteiger partial charge in [-0.15, -0.1) is 0 Å². The van der Waals surface area contributed by atoms with E-state index in [1.807, 2.05) is 0 Å². The number of amides is 1. The molecule has 0 aliphatic rings. The molecule has 0 saturated heterocycles. The molecule has 1 N–H and O–H groups in total. The maximum absolute atomic E-state index is 13.8. The summed E-state index contributed by atoms with van der Waals surface area (Å²) in [6, 6.07) is 9.67. The van der Waals surface area contributed by atoms with Crippen molar-refractivity contribution in [2.75, 3.05) is 0 Å². The molecule has 26 heavy (non-hydrogen) atoms. The molecule has 3 rings (SSSR count). The van der Waals surface area contributed by atoms with Crippen LogP contribution in [0.1, 0.15) is 28.9 Å². The third-order valence-corrected chi connectivity index (χ3v) is 3.94. The quantitative estimate of drug-likeness (QED) is 0.561. The zero-order chi connectivity index (χ0) is 18.7. The first-order valence-electron chi connectivity index (χ1n) is 7.79. The van der Waals surface area contributed by atoms with Crippen LogP contribution in [0.4, 0.5) is 10.1 Å². The molecule has 0 bridgehead atoms. The highest BCUT2D eigenvalue weighted by molar-refractivity contribution is 5.95. The Morgan fingerprint density at radius 2 is 2.08 bits per heavy atom. The lowest BCUT2D eigenvalue weighted by Crippen LogP contribution is -2.27. The van der Waals surface area contributed by atoms with E-state index in [2.05, 4.69) is 10.3 Å². The molecule has 0 spiro atoms. The van der Waals surface area contributed by atoms with Crippen LogP contribution >= 0.6 is 0 Å². The molecule has 0 unspecified atom stereocenters. The third-order valence-electron chi connectivity index (χ3n) is 3.94. The molecular weight excluding hydrogens is 339 g/mol. The van der Waals surface area contributed by atoms with Crippen LogP contribution in [0.3, 0.4) is 0 Å². The molecule has 0 fully saturated rings. The molecule has 1 heterocycles. The van der Waals surface area contributed by atoms with Crippen molar-refractivity contribution in [3.8, 4) is 5.69 Å². The van der Waals surface area contributed by atoms with Crippen molar-refractivity contribution in [1.82, 2.24) is 14.9 Å². The van der Waals surface area contributed by atoms with E-state index in [0.717, 1.165) is 0 Å². The van der Waals surface area contributed by atoms with E-state index in [-0.39, 0.29) is 11.3 Å². The van der Waals surface area contributed by atoms with Gasteiger partial charge < -0.3 is 9.88 Å². The van der Waals surface area contributed by atoms with Crippen molar-refractivity contribution in [2.24, 2.45) is 0 Å². The van der Waals surface area contributed by atoms with E-state index in [1.165, 1.54) is 41.4 Å². The number of nitrogens with zero attached hydrogens (tertiary/aromatic N) is 3. The van der Waals surface area contributed by atoms with Gasteiger partial charge in [0.1, 0.15) is 11.5 Å². The highest BCUT2D eigenvalue weighted by Gasteiger charge is 2.20. The van der Waals surface area contributed by atoms with Crippen LogP contribution in [0.25, 0.3) is 5.69 Å². The number of carbonyl (C=O) groups excluding carboxylic acids is 1. The van der Waals surface area contributed by atoms with Crippen molar-refractivity contribution in [3.63, 3.8) is 0 Å². The second-order valence-corrected chi connectivity index (χ2v) is 5.65. The Hall–Kier alpha value is -3.55. The van der Waals surface area contributed by atoms with Gasteiger partial charge in [0.25, 0.3) is 11.6 Å². The van der Waals surface area contributed by atoms with Gasteiger partial charge in [-0.1, -0.05) is 18.2 Å². The second kappa shape index (κ2) is 7.14. The minimum atomic E-state index is -0.587. The Morgan fingerprint density at radius 3 is 2.73 bits per heavy atom. The standard InChI is InChI=1S/C18H15FN4O3/c1-12(14-4-2-3-5-15(14)19)21-18(24)13-6-7-16(17(10-13)23(25)26)22-9-8-20-11-22/h2-12H,1H3,(H,21,24)/t12-/m0/s1. The molecule has 0 aliphatic carbocycles. The van der Waals surface area contributed by atoms with Crippen molar-refractivity contribution < 1.29 is 14.1 Å². The summed E-state index contributed by atoms with van der Waals surface area (Å²) >= 11 is 0. The van der Waals surface area contributed by atoms with Crippen LogP contribution in [-0.2, 0) is 0 Å². The van der Waals surface area contributed by atoms with Crippen LogP contribution < -0.4 is 5.32 Å². The Balaban J connectivity index is 1.87. The van der Waals surface area contributed by atoms with Gasteiger partial charge in [0.2, 0.25) is 0 Å². The molecule has 2 aromatic carbocycles. The summed E-state index contributed by atoms with van der Waals surface area (Å²) in [7, 11) is 0. The number of aromatic nitrogens is 2. The SMILES string of the molecule is C[C@H](NC(=O)c1ccc(-n2ccnc2)c([N+](=O)[O-])c1)c1ccccc1F. The van der Waals surface area contributed by atoms with Crippen LogP contribution in [0.5, 0.6) is 0 Å². The predicted octanol–water partition coefficient (Wildman–Crippen LogP) is 3.41. The highest BCUT2D eigenvalue weighted by atomic mass is 19.1. The third kappa shape index (κ3) is 3.44. The lowest BCUT2D eigenvalue weighted by molar-refractivity contribution is -0.384.